The fraction of sp³-hybridized carbons (Fsp3) is 0.750. The summed E-state index contributed by atoms with van der Waals surface area (Å²) in [6, 6.07) is -0.199. The number of nitrogens with zero attached hydrogens (tertiary/aromatic N) is 2. The third-order valence-electron chi connectivity index (χ3n) is 4.97. The summed E-state index contributed by atoms with van der Waals surface area (Å²) in [5, 5.41) is 0. The van der Waals surface area contributed by atoms with Crippen molar-refractivity contribution in [1.82, 2.24) is 4.90 Å². The van der Waals surface area contributed by atoms with Crippen LogP contribution < -0.4 is 0 Å². The molecule has 1 heterocycles. The molecule has 1 spiro atoms. The van der Waals surface area contributed by atoms with Crippen LogP contribution in [0.1, 0.15) is 26.7 Å². The van der Waals surface area contributed by atoms with Crippen molar-refractivity contribution in [1.29, 1.82) is 0 Å². The molecule has 1 aliphatic heterocycles. The monoisotopic (exact) mass is 220 g/mol. The second-order valence-corrected chi connectivity index (χ2v) is 5.54. The van der Waals surface area contributed by atoms with Crippen molar-refractivity contribution in [3.8, 4) is 0 Å². The van der Waals surface area contributed by atoms with Gasteiger partial charge in [0.2, 0.25) is 5.91 Å². The molecule has 16 heavy (non-hydrogen) atoms. The number of hydrogen-bond donors (Lipinski definition) is 0. The zero-order valence-corrected chi connectivity index (χ0v) is 9.69. The predicted molar refractivity (Wildman–Crippen MR) is 59.3 cm³/mol. The molecule has 0 aromatic carbocycles. The third-order valence-corrected chi connectivity index (χ3v) is 4.97. The SMILES string of the molecule is C=NC12C[C@@H]3[C@@H](C(C)=O)N(C(C)=O)C[C@@]31C2. The summed E-state index contributed by atoms with van der Waals surface area (Å²) < 4.78 is 0. The van der Waals surface area contributed by atoms with Crippen LogP contribution >= 0.6 is 0 Å². The van der Waals surface area contributed by atoms with Gasteiger partial charge in [0, 0.05) is 18.9 Å². The van der Waals surface area contributed by atoms with Crippen molar-refractivity contribution in [2.45, 2.75) is 38.3 Å². The summed E-state index contributed by atoms with van der Waals surface area (Å²) in [5.74, 6) is 0.454. The molecular weight excluding hydrogens is 204 g/mol. The van der Waals surface area contributed by atoms with Gasteiger partial charge in [-0.05, 0) is 32.4 Å². The van der Waals surface area contributed by atoms with Gasteiger partial charge in [-0.15, -0.1) is 0 Å². The van der Waals surface area contributed by atoms with Gasteiger partial charge in [0.1, 0.15) is 0 Å². The van der Waals surface area contributed by atoms with Gasteiger partial charge in [0.15, 0.2) is 5.78 Å². The van der Waals surface area contributed by atoms with Crippen LogP contribution in [0.4, 0.5) is 0 Å². The van der Waals surface area contributed by atoms with Crippen LogP contribution in [-0.2, 0) is 9.59 Å². The van der Waals surface area contributed by atoms with Gasteiger partial charge in [-0.2, -0.15) is 0 Å². The van der Waals surface area contributed by atoms with Crippen LogP contribution in [0.3, 0.4) is 0 Å². The van der Waals surface area contributed by atoms with E-state index in [-0.39, 0.29) is 28.7 Å². The second-order valence-electron chi connectivity index (χ2n) is 5.54. The molecule has 86 valence electrons. The van der Waals surface area contributed by atoms with E-state index in [1.165, 1.54) is 0 Å². The van der Waals surface area contributed by atoms with Crippen molar-refractivity contribution >= 4 is 18.4 Å². The summed E-state index contributed by atoms with van der Waals surface area (Å²) in [6.07, 6.45) is 1.95. The lowest BCUT2D eigenvalue weighted by molar-refractivity contribution is -0.136. The molecule has 2 saturated carbocycles. The first-order valence-electron chi connectivity index (χ1n) is 5.73. The molecule has 0 aromatic heterocycles. The highest BCUT2D eigenvalue weighted by Crippen LogP contribution is 2.79. The molecule has 1 amide bonds. The van der Waals surface area contributed by atoms with Crippen LogP contribution in [0.2, 0.25) is 0 Å². The smallest absolute Gasteiger partial charge is 0.220 e. The van der Waals surface area contributed by atoms with Crippen molar-refractivity contribution in [3.05, 3.63) is 0 Å². The van der Waals surface area contributed by atoms with Crippen LogP contribution in [0.25, 0.3) is 0 Å². The number of likely N-dealkylation sites (tertiary alicyclic amines) is 1. The van der Waals surface area contributed by atoms with Gasteiger partial charge < -0.3 is 4.90 Å². The van der Waals surface area contributed by atoms with E-state index in [9.17, 15) is 9.59 Å². The minimum absolute atomic E-state index is 0.00818. The third kappa shape index (κ3) is 0.815. The highest BCUT2D eigenvalue weighted by atomic mass is 16.2. The van der Waals surface area contributed by atoms with Gasteiger partial charge >= 0.3 is 0 Å². The minimum atomic E-state index is -0.199. The number of rotatable bonds is 2. The maximum absolute atomic E-state index is 11.7. The number of Topliss-reactive ketones (excluding diaryl/α,β-unsaturated/α-hetero) is 1. The van der Waals surface area contributed by atoms with Gasteiger partial charge in [0.25, 0.3) is 0 Å². The average Bonchev–Trinajstić information content (AvgIpc) is 2.52. The van der Waals surface area contributed by atoms with Crippen LogP contribution in [0.5, 0.6) is 0 Å². The zero-order valence-electron chi connectivity index (χ0n) is 9.69. The molecule has 4 atom stereocenters. The molecule has 0 aromatic rings. The highest BCUT2D eigenvalue weighted by molar-refractivity contribution is 5.89. The Hall–Kier alpha value is -1.19. The Labute approximate surface area is 94.7 Å². The summed E-state index contributed by atoms with van der Waals surface area (Å²) >= 11 is 0. The van der Waals surface area contributed by atoms with Gasteiger partial charge in [0.05, 0.1) is 11.6 Å². The molecule has 3 aliphatic rings. The van der Waals surface area contributed by atoms with Gasteiger partial charge in [-0.25, -0.2) is 0 Å². The van der Waals surface area contributed by atoms with E-state index in [0.29, 0.717) is 12.5 Å². The first kappa shape index (κ1) is 10.00. The van der Waals surface area contributed by atoms with Crippen LogP contribution in [-0.4, -0.2) is 41.4 Å². The van der Waals surface area contributed by atoms with E-state index >= 15 is 0 Å². The molecule has 3 rings (SSSR count). The van der Waals surface area contributed by atoms with E-state index < -0.39 is 0 Å². The Kier molecular flexibility index (Phi) is 1.59. The first-order chi connectivity index (χ1) is 7.47. The summed E-state index contributed by atoms with van der Waals surface area (Å²) in [6.45, 7) is 7.49. The quantitative estimate of drug-likeness (QED) is 0.642. The first-order valence-corrected chi connectivity index (χ1v) is 5.73. The molecule has 0 radical (unpaired) electrons. The number of hydrogen-bond acceptors (Lipinski definition) is 3. The molecule has 3 fully saturated rings. The average molecular weight is 220 g/mol. The van der Waals surface area contributed by atoms with Crippen molar-refractivity contribution in [3.63, 3.8) is 0 Å². The lowest BCUT2D eigenvalue weighted by atomic mass is 9.68. The maximum Gasteiger partial charge on any atom is 0.220 e. The number of aliphatic imine (C=N–C) groups is 1. The molecule has 0 bridgehead atoms. The van der Waals surface area contributed by atoms with E-state index in [4.69, 9.17) is 0 Å². The summed E-state index contributed by atoms with van der Waals surface area (Å²) in [5.41, 5.74) is 0.117. The van der Waals surface area contributed by atoms with Crippen LogP contribution in [0.15, 0.2) is 4.99 Å². The maximum atomic E-state index is 11.7. The Bertz CT molecular complexity index is 419. The van der Waals surface area contributed by atoms with Crippen molar-refractivity contribution in [2.75, 3.05) is 6.54 Å². The predicted octanol–water partition coefficient (Wildman–Crippen LogP) is 0.655. The Balaban J connectivity index is 1.94. The Morgan fingerprint density at radius 3 is 2.56 bits per heavy atom. The second kappa shape index (κ2) is 2.55. The molecule has 4 nitrogen and oxygen atoms in total. The standard InChI is InChI=1S/C12H16N2O2/c1-7(15)10-9-4-12(13-3)5-11(9,12)6-14(10)8(2)16/h9-10H,3-6H2,1-2H3/t9-,10-,11+,12?/m1/s1. The molecule has 1 saturated heterocycles. The highest BCUT2D eigenvalue weighted by Gasteiger charge is 2.84. The van der Waals surface area contributed by atoms with E-state index in [1.807, 2.05) is 0 Å². The molecular formula is C12H16N2O2. The number of carbonyl (C=O) groups is 2. The normalized spacial score (nSPS) is 47.8. The van der Waals surface area contributed by atoms with Gasteiger partial charge in [-0.3, -0.25) is 14.6 Å². The van der Waals surface area contributed by atoms with Crippen LogP contribution in [0, 0.1) is 11.3 Å². The summed E-state index contributed by atoms with van der Waals surface area (Å²) in [7, 11) is 0. The van der Waals surface area contributed by atoms with E-state index in [0.717, 1.165) is 12.8 Å². The minimum Gasteiger partial charge on any atom is -0.332 e. The molecule has 2 aliphatic carbocycles. The number of ketones is 1. The molecule has 1 unspecified atom stereocenters. The Morgan fingerprint density at radius 2 is 2.12 bits per heavy atom. The zero-order chi connectivity index (χ0) is 11.7. The fourth-order valence-corrected chi connectivity index (χ4v) is 4.10. The number of amides is 1. The fourth-order valence-electron chi connectivity index (χ4n) is 4.10. The molecule has 4 heteroatoms. The lowest BCUT2D eigenvalue weighted by Crippen LogP contribution is -2.45. The van der Waals surface area contributed by atoms with E-state index in [2.05, 4.69) is 11.7 Å². The lowest BCUT2D eigenvalue weighted by Gasteiger charge is -2.37. The topological polar surface area (TPSA) is 49.7 Å². The van der Waals surface area contributed by atoms with Gasteiger partial charge in [-0.1, -0.05) is 0 Å². The van der Waals surface area contributed by atoms with E-state index in [1.54, 1.807) is 18.7 Å². The molecule has 0 N–H and O–H groups in total. The van der Waals surface area contributed by atoms with Crippen molar-refractivity contribution < 1.29 is 9.59 Å². The number of carbonyl (C=O) groups excluding carboxylic acids is 2. The summed E-state index contributed by atoms with van der Waals surface area (Å²) in [4.78, 5) is 29.2. The Morgan fingerprint density at radius 1 is 1.44 bits per heavy atom. The van der Waals surface area contributed by atoms with Crippen molar-refractivity contribution in [2.24, 2.45) is 16.3 Å². The largest absolute Gasteiger partial charge is 0.332 e.